The molecular formula is C20H16O3S. The lowest BCUT2D eigenvalue weighted by atomic mass is 10.1. The van der Waals surface area contributed by atoms with Crippen molar-refractivity contribution in [2.75, 3.05) is 7.11 Å². The van der Waals surface area contributed by atoms with Crippen molar-refractivity contribution in [1.82, 2.24) is 0 Å². The Morgan fingerprint density at radius 1 is 0.958 bits per heavy atom. The first-order chi connectivity index (χ1) is 11.8. The van der Waals surface area contributed by atoms with Crippen molar-refractivity contribution in [3.8, 4) is 17.1 Å². The fourth-order valence-corrected chi connectivity index (χ4v) is 4.52. The molecule has 3 nitrogen and oxygen atoms in total. The van der Waals surface area contributed by atoms with Crippen LogP contribution in [0.5, 0.6) is 5.75 Å². The molecule has 4 heteroatoms. The number of rotatable bonds is 3. The Hall–Kier alpha value is -2.72. The summed E-state index contributed by atoms with van der Waals surface area (Å²) in [4.78, 5) is 13.8. The molecule has 0 saturated heterocycles. The highest BCUT2D eigenvalue weighted by molar-refractivity contribution is 8.22. The highest BCUT2D eigenvalue weighted by atomic mass is 32.2. The van der Waals surface area contributed by atoms with E-state index in [9.17, 15) is 4.79 Å². The van der Waals surface area contributed by atoms with Crippen molar-refractivity contribution in [2.24, 2.45) is 0 Å². The predicted molar refractivity (Wildman–Crippen MR) is 100 cm³/mol. The largest absolute Gasteiger partial charge is 0.497 e. The molecule has 3 aromatic rings. The first-order valence-electron chi connectivity index (χ1n) is 7.61. The van der Waals surface area contributed by atoms with Gasteiger partial charge >= 0.3 is 0 Å². The van der Waals surface area contributed by atoms with E-state index in [2.05, 4.69) is 10.8 Å². The van der Waals surface area contributed by atoms with Gasteiger partial charge in [-0.3, -0.25) is 4.79 Å². The zero-order valence-electron chi connectivity index (χ0n) is 13.1. The molecule has 0 amide bonds. The Morgan fingerprint density at radius 2 is 1.67 bits per heavy atom. The number of methoxy groups -OCH3 is 1. The molecule has 0 bridgehead atoms. The van der Waals surface area contributed by atoms with Gasteiger partial charge in [0.25, 0.3) is 0 Å². The van der Waals surface area contributed by atoms with E-state index in [-0.39, 0.29) is 5.43 Å². The maximum Gasteiger partial charge on any atom is 0.205 e. The summed E-state index contributed by atoms with van der Waals surface area (Å²) in [5.41, 5.74) is 1.54. The number of thiol groups is 1. The summed E-state index contributed by atoms with van der Waals surface area (Å²) in [5.74, 6) is 1.42. The Labute approximate surface area is 142 Å². The zero-order valence-corrected chi connectivity index (χ0v) is 14.0. The van der Waals surface area contributed by atoms with Crippen LogP contribution in [0.25, 0.3) is 22.3 Å². The van der Waals surface area contributed by atoms with E-state index in [1.807, 2.05) is 60.7 Å². The first kappa shape index (κ1) is 14.8. The Balaban J connectivity index is 2.01. The van der Waals surface area contributed by atoms with Gasteiger partial charge < -0.3 is 9.15 Å². The molecule has 2 aromatic carbocycles. The molecule has 2 heterocycles. The molecule has 0 unspecified atom stereocenters. The Bertz CT molecular complexity index is 1000. The van der Waals surface area contributed by atoms with Gasteiger partial charge in [-0.1, -0.05) is 24.3 Å². The van der Waals surface area contributed by atoms with Gasteiger partial charge in [-0.05, 0) is 47.2 Å². The van der Waals surface area contributed by atoms with E-state index in [1.54, 1.807) is 7.11 Å². The smallest absolute Gasteiger partial charge is 0.205 e. The van der Waals surface area contributed by atoms with E-state index in [4.69, 9.17) is 9.15 Å². The van der Waals surface area contributed by atoms with Gasteiger partial charge in [0.05, 0.1) is 17.4 Å². The van der Waals surface area contributed by atoms with Gasteiger partial charge in [0.2, 0.25) is 5.43 Å². The van der Waals surface area contributed by atoms with Crippen LogP contribution >= 0.6 is 10.9 Å². The van der Waals surface area contributed by atoms with Crippen LogP contribution in [0.3, 0.4) is 0 Å². The van der Waals surface area contributed by atoms with Crippen molar-refractivity contribution in [2.45, 2.75) is 4.90 Å². The maximum atomic E-state index is 13.1. The quantitative estimate of drug-likeness (QED) is 0.694. The first-order valence-corrected chi connectivity index (χ1v) is 9.09. The average molecular weight is 336 g/mol. The molecule has 0 aliphatic carbocycles. The average Bonchev–Trinajstić information content (AvgIpc) is 3.16. The molecule has 120 valence electrons. The van der Waals surface area contributed by atoms with Crippen molar-refractivity contribution < 1.29 is 9.15 Å². The zero-order chi connectivity index (χ0) is 16.5. The standard InChI is InChI=1S/C20H16O3S/c1-22-15-10-8-14(9-11-15)19-20(24-12-4-5-13-24)18(21)16-6-2-3-7-17(16)23-19/h2-13,24H,1H3. The number of para-hydroxylation sites is 1. The monoisotopic (exact) mass is 336 g/mol. The van der Waals surface area contributed by atoms with Gasteiger partial charge in [0, 0.05) is 5.56 Å². The van der Waals surface area contributed by atoms with Crippen LogP contribution in [-0.4, -0.2) is 7.11 Å². The van der Waals surface area contributed by atoms with E-state index in [0.717, 1.165) is 16.2 Å². The number of allylic oxidation sites excluding steroid dienone is 2. The third-order valence-electron chi connectivity index (χ3n) is 3.99. The summed E-state index contributed by atoms with van der Waals surface area (Å²) in [6, 6.07) is 15.0. The van der Waals surface area contributed by atoms with Gasteiger partial charge in [0.1, 0.15) is 11.3 Å². The van der Waals surface area contributed by atoms with Crippen LogP contribution in [0, 0.1) is 0 Å². The molecule has 4 rings (SSSR count). The van der Waals surface area contributed by atoms with E-state index >= 15 is 0 Å². The molecule has 0 atom stereocenters. The topological polar surface area (TPSA) is 39.4 Å². The lowest BCUT2D eigenvalue weighted by Crippen LogP contribution is -2.07. The van der Waals surface area contributed by atoms with Crippen molar-refractivity contribution >= 4 is 21.9 Å². The SMILES string of the molecule is COc1ccc(-c2oc3ccccc3c(=O)c2[SH]2C=CC=C2)cc1. The summed E-state index contributed by atoms with van der Waals surface area (Å²) in [6.07, 6.45) is 3.97. The molecule has 0 spiro atoms. The molecular weight excluding hydrogens is 320 g/mol. The molecule has 1 aromatic heterocycles. The normalized spacial score (nSPS) is 14.5. The van der Waals surface area contributed by atoms with E-state index in [0.29, 0.717) is 16.7 Å². The highest BCUT2D eigenvalue weighted by Crippen LogP contribution is 2.45. The lowest BCUT2D eigenvalue weighted by molar-refractivity contribution is 0.415. The fraction of sp³-hybridized carbons (Fsp3) is 0.0500. The van der Waals surface area contributed by atoms with Gasteiger partial charge in [-0.2, -0.15) is 10.9 Å². The van der Waals surface area contributed by atoms with Gasteiger partial charge in [0.15, 0.2) is 5.76 Å². The van der Waals surface area contributed by atoms with Crippen LogP contribution in [0.2, 0.25) is 0 Å². The van der Waals surface area contributed by atoms with Crippen LogP contribution < -0.4 is 10.2 Å². The second-order valence-electron chi connectivity index (χ2n) is 5.42. The van der Waals surface area contributed by atoms with Crippen molar-refractivity contribution in [1.29, 1.82) is 0 Å². The summed E-state index contributed by atoms with van der Waals surface area (Å²) >= 11 is 0. The summed E-state index contributed by atoms with van der Waals surface area (Å²) in [7, 11) is 0.844. The third kappa shape index (κ3) is 2.45. The van der Waals surface area contributed by atoms with Crippen LogP contribution in [0.1, 0.15) is 0 Å². The molecule has 1 aliphatic heterocycles. The van der Waals surface area contributed by atoms with Crippen LogP contribution in [0.4, 0.5) is 0 Å². The number of hydrogen-bond donors (Lipinski definition) is 1. The Kier molecular flexibility index (Phi) is 3.75. The van der Waals surface area contributed by atoms with Crippen molar-refractivity contribution in [3.05, 3.63) is 81.7 Å². The van der Waals surface area contributed by atoms with Crippen LogP contribution in [0.15, 0.2) is 85.6 Å². The molecule has 0 saturated carbocycles. The lowest BCUT2D eigenvalue weighted by Gasteiger charge is -2.15. The summed E-state index contributed by atoms with van der Waals surface area (Å²) in [5, 5.41) is 4.77. The number of fused-ring (bicyclic) bond motifs is 1. The summed E-state index contributed by atoms with van der Waals surface area (Å²) < 4.78 is 11.4. The van der Waals surface area contributed by atoms with E-state index < -0.39 is 10.9 Å². The van der Waals surface area contributed by atoms with Crippen molar-refractivity contribution in [3.63, 3.8) is 0 Å². The maximum absolute atomic E-state index is 13.1. The number of ether oxygens (including phenoxy) is 1. The molecule has 0 N–H and O–H groups in total. The number of hydrogen-bond acceptors (Lipinski definition) is 3. The second kappa shape index (κ2) is 6.06. The molecule has 24 heavy (non-hydrogen) atoms. The fourth-order valence-electron chi connectivity index (χ4n) is 2.79. The highest BCUT2D eigenvalue weighted by Gasteiger charge is 2.20. The third-order valence-corrected chi connectivity index (χ3v) is 5.90. The molecule has 0 fully saturated rings. The van der Waals surface area contributed by atoms with Crippen LogP contribution in [-0.2, 0) is 0 Å². The molecule has 0 radical (unpaired) electrons. The predicted octanol–water partition coefficient (Wildman–Crippen LogP) is 4.87. The number of benzene rings is 2. The second-order valence-corrected chi connectivity index (χ2v) is 7.28. The minimum Gasteiger partial charge on any atom is -0.497 e. The van der Waals surface area contributed by atoms with E-state index in [1.165, 1.54) is 0 Å². The minimum atomic E-state index is -0.789. The van der Waals surface area contributed by atoms with Gasteiger partial charge in [-0.25, -0.2) is 0 Å². The summed E-state index contributed by atoms with van der Waals surface area (Å²) in [6.45, 7) is 0. The molecule has 1 aliphatic rings. The van der Waals surface area contributed by atoms with Gasteiger partial charge in [-0.15, -0.1) is 0 Å². The minimum absolute atomic E-state index is 0.0463. The Morgan fingerprint density at radius 3 is 2.38 bits per heavy atom.